The molecule has 0 radical (unpaired) electrons. The van der Waals surface area contributed by atoms with Crippen LogP contribution in [0.5, 0.6) is 0 Å². The first kappa shape index (κ1) is 16.7. The van der Waals surface area contributed by atoms with Crippen LogP contribution < -0.4 is 4.90 Å². The van der Waals surface area contributed by atoms with Gasteiger partial charge in [-0.25, -0.2) is 0 Å². The van der Waals surface area contributed by atoms with Gasteiger partial charge in [-0.3, -0.25) is 0 Å². The molecule has 22 heavy (non-hydrogen) atoms. The fourth-order valence-corrected chi connectivity index (χ4v) is 3.15. The highest BCUT2D eigenvalue weighted by molar-refractivity contribution is 5.47. The molecule has 0 saturated carbocycles. The average Bonchev–Trinajstić information content (AvgIpc) is 2.58. The average molecular weight is 307 g/mol. The lowest BCUT2D eigenvalue weighted by Crippen LogP contribution is -2.47. The summed E-state index contributed by atoms with van der Waals surface area (Å²) in [5, 5.41) is 10.6. The minimum atomic E-state index is -0.467. The van der Waals surface area contributed by atoms with Crippen molar-refractivity contribution in [3.63, 3.8) is 0 Å². The molecule has 2 aliphatic rings. The molecule has 122 valence electrons. The standard InChI is InChI=1S/C14H19N3O3.C2H6/c18-17(19)13-4-3-12(11-15-13)16-8-6-14(7-9-16)5-1-2-10-20-14;1-2/h3-4,11H,1-2,5-10H2;1-2H3. The Bertz CT molecular complexity index is 474. The molecule has 3 heterocycles. The molecule has 1 aromatic rings. The van der Waals surface area contributed by atoms with Gasteiger partial charge in [0.1, 0.15) is 0 Å². The Hall–Kier alpha value is -1.69. The minimum absolute atomic E-state index is 0.0863. The molecule has 2 aliphatic heterocycles. The lowest BCUT2D eigenvalue weighted by molar-refractivity contribution is -0.389. The zero-order chi connectivity index (χ0) is 16.0. The number of rotatable bonds is 2. The molecule has 2 saturated heterocycles. The molecule has 0 aliphatic carbocycles. The highest BCUT2D eigenvalue weighted by Crippen LogP contribution is 2.36. The van der Waals surface area contributed by atoms with Crippen molar-refractivity contribution in [2.75, 3.05) is 24.6 Å². The molecule has 0 unspecified atom stereocenters. The Balaban J connectivity index is 0.000000847. The topological polar surface area (TPSA) is 68.5 Å². The van der Waals surface area contributed by atoms with Crippen LogP contribution >= 0.6 is 0 Å². The zero-order valence-corrected chi connectivity index (χ0v) is 13.5. The molecule has 3 rings (SSSR count). The van der Waals surface area contributed by atoms with E-state index in [1.807, 2.05) is 13.8 Å². The predicted octanol–water partition coefficient (Wildman–Crippen LogP) is 3.56. The normalized spacial score (nSPS) is 20.2. The van der Waals surface area contributed by atoms with E-state index in [4.69, 9.17) is 4.74 Å². The molecule has 1 aromatic heterocycles. The van der Waals surface area contributed by atoms with E-state index >= 15 is 0 Å². The fraction of sp³-hybridized carbons (Fsp3) is 0.688. The van der Waals surface area contributed by atoms with Gasteiger partial charge in [-0.15, -0.1) is 0 Å². The number of piperidine rings is 1. The predicted molar refractivity (Wildman–Crippen MR) is 86.2 cm³/mol. The minimum Gasteiger partial charge on any atom is -0.375 e. The maximum atomic E-state index is 10.6. The van der Waals surface area contributed by atoms with Crippen molar-refractivity contribution in [3.8, 4) is 0 Å². The Kier molecular flexibility index (Phi) is 5.71. The van der Waals surface area contributed by atoms with E-state index in [0.717, 1.165) is 38.2 Å². The second-order valence-electron chi connectivity index (χ2n) is 5.61. The Morgan fingerprint density at radius 1 is 1.23 bits per heavy atom. The summed E-state index contributed by atoms with van der Waals surface area (Å²) in [6.07, 6.45) is 7.27. The summed E-state index contributed by atoms with van der Waals surface area (Å²) >= 11 is 0. The molecular formula is C16H25N3O3. The van der Waals surface area contributed by atoms with Crippen LogP contribution in [0.25, 0.3) is 0 Å². The Morgan fingerprint density at radius 2 is 1.95 bits per heavy atom. The van der Waals surface area contributed by atoms with Crippen molar-refractivity contribution in [1.29, 1.82) is 0 Å². The second kappa shape index (κ2) is 7.54. The summed E-state index contributed by atoms with van der Waals surface area (Å²) < 4.78 is 6.01. The van der Waals surface area contributed by atoms with Crippen LogP contribution in [0.15, 0.2) is 18.3 Å². The summed E-state index contributed by atoms with van der Waals surface area (Å²) in [7, 11) is 0. The first-order chi connectivity index (χ1) is 10.7. The Morgan fingerprint density at radius 3 is 2.45 bits per heavy atom. The fourth-order valence-electron chi connectivity index (χ4n) is 3.15. The third-order valence-corrected chi connectivity index (χ3v) is 4.39. The first-order valence-corrected chi connectivity index (χ1v) is 8.18. The number of hydrogen-bond acceptors (Lipinski definition) is 5. The molecule has 0 N–H and O–H groups in total. The van der Waals surface area contributed by atoms with Gasteiger partial charge in [-0.1, -0.05) is 13.8 Å². The van der Waals surface area contributed by atoms with Crippen LogP contribution in [0.4, 0.5) is 11.5 Å². The summed E-state index contributed by atoms with van der Waals surface area (Å²) in [6, 6.07) is 3.25. The van der Waals surface area contributed by atoms with E-state index in [2.05, 4.69) is 9.88 Å². The summed E-state index contributed by atoms with van der Waals surface area (Å²) in [6.45, 7) is 6.75. The lowest BCUT2D eigenvalue weighted by atomic mass is 9.84. The maximum absolute atomic E-state index is 10.6. The van der Waals surface area contributed by atoms with E-state index in [-0.39, 0.29) is 11.4 Å². The van der Waals surface area contributed by atoms with Crippen molar-refractivity contribution in [3.05, 3.63) is 28.4 Å². The highest BCUT2D eigenvalue weighted by atomic mass is 16.6. The van der Waals surface area contributed by atoms with Crippen LogP contribution in [0.2, 0.25) is 0 Å². The summed E-state index contributed by atoms with van der Waals surface area (Å²) in [5.41, 5.74) is 1.05. The summed E-state index contributed by atoms with van der Waals surface area (Å²) in [5.74, 6) is -0.0992. The molecule has 0 amide bonds. The van der Waals surface area contributed by atoms with E-state index < -0.39 is 4.92 Å². The number of ether oxygens (including phenoxy) is 1. The van der Waals surface area contributed by atoms with Gasteiger partial charge in [0.25, 0.3) is 0 Å². The van der Waals surface area contributed by atoms with E-state index in [1.54, 1.807) is 12.3 Å². The van der Waals surface area contributed by atoms with Gasteiger partial charge in [-0.05, 0) is 48.1 Å². The summed E-state index contributed by atoms with van der Waals surface area (Å²) in [4.78, 5) is 16.3. The van der Waals surface area contributed by atoms with Crippen molar-refractivity contribution in [1.82, 2.24) is 4.98 Å². The molecule has 6 nitrogen and oxygen atoms in total. The molecule has 0 atom stereocenters. The molecular weight excluding hydrogens is 282 g/mol. The monoisotopic (exact) mass is 307 g/mol. The van der Waals surface area contributed by atoms with Crippen LogP contribution in [0.1, 0.15) is 46.0 Å². The van der Waals surface area contributed by atoms with Gasteiger partial charge < -0.3 is 19.8 Å². The van der Waals surface area contributed by atoms with Crippen LogP contribution in [0, 0.1) is 10.1 Å². The molecule has 1 spiro atoms. The van der Waals surface area contributed by atoms with E-state index in [0.29, 0.717) is 0 Å². The van der Waals surface area contributed by atoms with Gasteiger partial charge in [0.2, 0.25) is 0 Å². The quantitative estimate of drug-likeness (QED) is 0.617. The number of nitrogens with zero attached hydrogens (tertiary/aromatic N) is 3. The maximum Gasteiger partial charge on any atom is 0.363 e. The van der Waals surface area contributed by atoms with Gasteiger partial charge in [0.05, 0.1) is 11.3 Å². The first-order valence-electron chi connectivity index (χ1n) is 8.18. The molecule has 2 fully saturated rings. The third kappa shape index (κ3) is 3.74. The molecule has 6 heteroatoms. The molecule has 0 aromatic carbocycles. The Labute approximate surface area is 131 Å². The second-order valence-corrected chi connectivity index (χ2v) is 5.61. The van der Waals surface area contributed by atoms with Crippen molar-refractivity contribution >= 4 is 11.5 Å². The van der Waals surface area contributed by atoms with Crippen LogP contribution in [-0.4, -0.2) is 35.2 Å². The van der Waals surface area contributed by atoms with Crippen LogP contribution in [0.3, 0.4) is 0 Å². The smallest absolute Gasteiger partial charge is 0.363 e. The zero-order valence-electron chi connectivity index (χ0n) is 13.5. The van der Waals surface area contributed by atoms with Crippen LogP contribution in [-0.2, 0) is 4.74 Å². The van der Waals surface area contributed by atoms with E-state index in [1.165, 1.54) is 25.3 Å². The number of anilines is 1. The largest absolute Gasteiger partial charge is 0.375 e. The third-order valence-electron chi connectivity index (χ3n) is 4.39. The van der Waals surface area contributed by atoms with Gasteiger partial charge in [-0.2, -0.15) is 0 Å². The van der Waals surface area contributed by atoms with Gasteiger partial charge >= 0.3 is 5.82 Å². The lowest BCUT2D eigenvalue weighted by Gasteiger charge is -2.44. The van der Waals surface area contributed by atoms with Gasteiger partial charge in [0, 0.05) is 25.8 Å². The SMILES string of the molecule is CC.O=[N+]([O-])c1ccc(N2CCC3(CCCCO3)CC2)cn1. The van der Waals surface area contributed by atoms with Crippen molar-refractivity contribution in [2.24, 2.45) is 0 Å². The van der Waals surface area contributed by atoms with Crippen molar-refractivity contribution in [2.45, 2.75) is 51.6 Å². The van der Waals surface area contributed by atoms with Gasteiger partial charge in [0.15, 0.2) is 6.20 Å². The number of nitro groups is 1. The number of pyridine rings is 1. The highest BCUT2D eigenvalue weighted by Gasteiger charge is 2.37. The number of hydrogen-bond donors (Lipinski definition) is 0. The van der Waals surface area contributed by atoms with E-state index in [9.17, 15) is 10.1 Å². The number of aromatic nitrogens is 1. The molecule has 0 bridgehead atoms. The van der Waals surface area contributed by atoms with Crippen molar-refractivity contribution < 1.29 is 9.66 Å².